The maximum absolute atomic E-state index is 14.1. The Hall–Kier alpha value is -1.32. The lowest BCUT2D eigenvalue weighted by Gasteiger charge is -2.39. The molecule has 3 aliphatic rings. The molecule has 0 aromatic rings. The van der Waals surface area contributed by atoms with Gasteiger partial charge in [-0.2, -0.15) is 0 Å². The van der Waals surface area contributed by atoms with E-state index >= 15 is 0 Å². The van der Waals surface area contributed by atoms with E-state index in [9.17, 15) is 19.5 Å². The summed E-state index contributed by atoms with van der Waals surface area (Å²) in [6.45, 7) is 12.3. The van der Waals surface area contributed by atoms with Crippen LogP contribution in [0.25, 0.3) is 0 Å². The number of esters is 1. The first-order valence-electron chi connectivity index (χ1n) is 12.2. The normalized spacial score (nSPS) is 32.4. The zero-order chi connectivity index (χ0) is 25.0. The van der Waals surface area contributed by atoms with Gasteiger partial charge in [-0.05, 0) is 26.2 Å². The number of aliphatic hydroxyl groups is 1. The molecule has 0 saturated carbocycles. The summed E-state index contributed by atoms with van der Waals surface area (Å²) in [6.07, 6.45) is 7.46. The molecule has 0 aromatic heterocycles. The minimum atomic E-state index is -0.741. The molecule has 9 heteroatoms. The number of thioether (sulfide) groups is 1. The zero-order valence-corrected chi connectivity index (χ0v) is 22.6. The molecule has 7 atom stereocenters. The van der Waals surface area contributed by atoms with Gasteiger partial charge in [-0.25, -0.2) is 0 Å². The predicted molar refractivity (Wildman–Crippen MR) is 138 cm³/mol. The van der Waals surface area contributed by atoms with E-state index in [0.29, 0.717) is 25.9 Å². The number of unbranched alkanes of at least 4 members (excludes halogenated alkanes) is 2. The van der Waals surface area contributed by atoms with Crippen LogP contribution in [-0.4, -0.2) is 85.9 Å². The van der Waals surface area contributed by atoms with Crippen molar-refractivity contribution in [3.8, 4) is 0 Å². The van der Waals surface area contributed by atoms with Crippen molar-refractivity contribution in [2.24, 2.45) is 11.8 Å². The Morgan fingerprint density at radius 2 is 2.12 bits per heavy atom. The fourth-order valence-electron chi connectivity index (χ4n) is 5.69. The van der Waals surface area contributed by atoms with E-state index in [4.69, 9.17) is 4.74 Å². The van der Waals surface area contributed by atoms with Gasteiger partial charge in [0, 0.05) is 23.2 Å². The van der Waals surface area contributed by atoms with E-state index in [0.717, 1.165) is 19.3 Å². The van der Waals surface area contributed by atoms with E-state index in [2.05, 4.69) is 36.0 Å². The topological polar surface area (TPSA) is 87.1 Å². The fraction of sp³-hybridized carbons (Fsp3) is 0.720. The van der Waals surface area contributed by atoms with Crippen molar-refractivity contribution < 1.29 is 24.2 Å². The van der Waals surface area contributed by atoms with Gasteiger partial charge in [0.1, 0.15) is 6.04 Å². The number of alkyl halides is 1. The number of likely N-dealkylation sites (tertiary alicyclic amines) is 1. The molecule has 2 bridgehead atoms. The number of ether oxygens (including phenoxy) is 1. The van der Waals surface area contributed by atoms with Gasteiger partial charge in [-0.3, -0.25) is 14.4 Å². The molecule has 3 fully saturated rings. The standard InChI is InChI=1S/C25H37BrN2O5S/c1-5-8-10-12-27(11-7-3)23(31)21-25-14-17(26)20(34-25)18(24(32)33-13-9-6-2)19(25)22(30)28(21)16(4)15-29/h6-7,16-21,29H,2-3,5,8-15H2,1,4H3/t16-,17?,18+,19+,20+,21?,25?/m1/s1. The van der Waals surface area contributed by atoms with Crippen molar-refractivity contribution in [3.63, 3.8) is 0 Å². The van der Waals surface area contributed by atoms with Crippen molar-refractivity contribution in [1.82, 2.24) is 9.80 Å². The Balaban J connectivity index is 1.99. The SMILES string of the molecule is C=CCCOC(=O)[C@H]1[C@H]2C(=O)N([C@H](C)CO)C(C(=O)N(CC=C)CCCCC)C23CC(Br)[C@@H]1S3. The molecular formula is C25H37BrN2O5S. The monoisotopic (exact) mass is 556 g/mol. The second-order valence-corrected chi connectivity index (χ2v) is 12.2. The average molecular weight is 558 g/mol. The number of aliphatic hydroxyl groups excluding tert-OH is 1. The summed E-state index contributed by atoms with van der Waals surface area (Å²) in [5.41, 5.74) is 0. The number of rotatable bonds is 13. The van der Waals surface area contributed by atoms with Gasteiger partial charge >= 0.3 is 5.97 Å². The smallest absolute Gasteiger partial charge is 0.310 e. The molecule has 0 aliphatic carbocycles. The van der Waals surface area contributed by atoms with Crippen LogP contribution in [0, 0.1) is 11.8 Å². The molecule has 3 rings (SSSR count). The van der Waals surface area contributed by atoms with Crippen molar-refractivity contribution in [2.45, 2.75) is 72.9 Å². The van der Waals surface area contributed by atoms with Crippen LogP contribution in [-0.2, 0) is 19.1 Å². The van der Waals surface area contributed by atoms with Gasteiger partial charge in [0.15, 0.2) is 0 Å². The molecule has 3 heterocycles. The van der Waals surface area contributed by atoms with Gasteiger partial charge in [0.05, 0.1) is 35.8 Å². The van der Waals surface area contributed by atoms with Crippen LogP contribution in [0.4, 0.5) is 0 Å². The maximum atomic E-state index is 14.1. The van der Waals surface area contributed by atoms with E-state index in [1.165, 1.54) is 0 Å². The second-order valence-electron chi connectivity index (χ2n) is 9.47. The number of amides is 2. The number of carbonyl (C=O) groups excluding carboxylic acids is 3. The first-order chi connectivity index (χ1) is 16.3. The molecule has 0 radical (unpaired) electrons. The van der Waals surface area contributed by atoms with Gasteiger partial charge in [0.25, 0.3) is 0 Å². The molecule has 3 unspecified atom stereocenters. The molecule has 7 nitrogen and oxygen atoms in total. The summed E-state index contributed by atoms with van der Waals surface area (Å²) in [5.74, 6) is -2.01. The lowest BCUT2D eigenvalue weighted by Crippen LogP contribution is -2.57. The van der Waals surface area contributed by atoms with Gasteiger partial charge in [0.2, 0.25) is 11.8 Å². The van der Waals surface area contributed by atoms with Crippen molar-refractivity contribution in [1.29, 1.82) is 0 Å². The zero-order valence-electron chi connectivity index (χ0n) is 20.2. The summed E-state index contributed by atoms with van der Waals surface area (Å²) < 4.78 is 4.78. The molecular weight excluding hydrogens is 520 g/mol. The Bertz CT molecular complexity index is 810. The van der Waals surface area contributed by atoms with Gasteiger partial charge in [-0.15, -0.1) is 24.9 Å². The van der Waals surface area contributed by atoms with Crippen LogP contribution in [0.5, 0.6) is 0 Å². The van der Waals surface area contributed by atoms with Crippen molar-refractivity contribution in [3.05, 3.63) is 25.3 Å². The van der Waals surface area contributed by atoms with Crippen LogP contribution >= 0.6 is 27.7 Å². The predicted octanol–water partition coefficient (Wildman–Crippen LogP) is 3.16. The number of hydrogen-bond acceptors (Lipinski definition) is 6. The molecule has 3 saturated heterocycles. The van der Waals surface area contributed by atoms with Crippen LogP contribution < -0.4 is 0 Å². The summed E-state index contributed by atoms with van der Waals surface area (Å²) in [6, 6.07) is -1.27. The lowest BCUT2D eigenvalue weighted by molar-refractivity contribution is -0.154. The third-order valence-electron chi connectivity index (χ3n) is 7.23. The van der Waals surface area contributed by atoms with Crippen LogP contribution in [0.15, 0.2) is 25.3 Å². The highest BCUT2D eigenvalue weighted by Crippen LogP contribution is 2.68. The first kappa shape index (κ1) is 27.3. The third kappa shape index (κ3) is 4.72. The Kier molecular flexibility index (Phi) is 9.31. The molecule has 1 N–H and O–H groups in total. The Morgan fingerprint density at radius 1 is 1.38 bits per heavy atom. The first-order valence-corrected chi connectivity index (χ1v) is 14.0. The number of fused-ring (bicyclic) bond motifs is 1. The second kappa shape index (κ2) is 11.6. The van der Waals surface area contributed by atoms with E-state index in [1.54, 1.807) is 40.6 Å². The number of halogens is 1. The molecule has 1 spiro atoms. The highest BCUT2D eigenvalue weighted by atomic mass is 79.9. The maximum Gasteiger partial charge on any atom is 0.310 e. The average Bonchev–Trinajstić information content (AvgIpc) is 3.41. The van der Waals surface area contributed by atoms with Crippen LogP contribution in [0.3, 0.4) is 0 Å². The quantitative estimate of drug-likeness (QED) is 0.162. The number of nitrogens with zero attached hydrogens (tertiary/aromatic N) is 2. The minimum absolute atomic E-state index is 0.00821. The van der Waals surface area contributed by atoms with Crippen molar-refractivity contribution in [2.75, 3.05) is 26.3 Å². The Morgan fingerprint density at radius 3 is 2.74 bits per heavy atom. The van der Waals surface area contributed by atoms with Crippen LogP contribution in [0.1, 0.15) is 46.0 Å². The summed E-state index contributed by atoms with van der Waals surface area (Å²) in [4.78, 5) is 44.4. The number of carbonyl (C=O) groups is 3. The van der Waals surface area contributed by atoms with E-state index in [1.807, 2.05) is 0 Å². The largest absolute Gasteiger partial charge is 0.465 e. The minimum Gasteiger partial charge on any atom is -0.465 e. The fourth-order valence-corrected chi connectivity index (χ4v) is 9.27. The molecule has 3 aliphatic heterocycles. The highest BCUT2D eigenvalue weighted by molar-refractivity contribution is 9.09. The van der Waals surface area contributed by atoms with E-state index < -0.39 is 28.7 Å². The molecule has 190 valence electrons. The molecule has 34 heavy (non-hydrogen) atoms. The summed E-state index contributed by atoms with van der Waals surface area (Å²) >= 11 is 5.33. The third-order valence-corrected chi connectivity index (χ3v) is 10.5. The Labute approximate surface area is 215 Å². The van der Waals surface area contributed by atoms with Crippen molar-refractivity contribution >= 4 is 45.5 Å². The number of hydrogen-bond donors (Lipinski definition) is 1. The van der Waals surface area contributed by atoms with Gasteiger partial charge in [-0.1, -0.05) is 47.8 Å². The van der Waals surface area contributed by atoms with Gasteiger partial charge < -0.3 is 19.6 Å². The molecule has 0 aromatic carbocycles. The molecule has 2 amide bonds. The van der Waals surface area contributed by atoms with Crippen LogP contribution in [0.2, 0.25) is 0 Å². The highest BCUT2D eigenvalue weighted by Gasteiger charge is 2.76. The lowest BCUT2D eigenvalue weighted by atomic mass is 9.71. The van der Waals surface area contributed by atoms with E-state index in [-0.39, 0.29) is 41.1 Å². The summed E-state index contributed by atoms with van der Waals surface area (Å²) in [5, 5.41) is 9.84. The summed E-state index contributed by atoms with van der Waals surface area (Å²) in [7, 11) is 0.